The van der Waals surface area contributed by atoms with E-state index in [-0.39, 0.29) is 0 Å². The molecule has 0 spiro atoms. The van der Waals surface area contributed by atoms with Gasteiger partial charge in [-0.3, -0.25) is 10.1 Å². The highest BCUT2D eigenvalue weighted by Crippen LogP contribution is 2.38. The van der Waals surface area contributed by atoms with Crippen LogP contribution in [0.5, 0.6) is 0 Å². The minimum Gasteiger partial charge on any atom is -0.480 e. The van der Waals surface area contributed by atoms with Crippen molar-refractivity contribution in [2.45, 2.75) is 82.3 Å². The predicted molar refractivity (Wildman–Crippen MR) is 83.4 cm³/mol. The number of carbonyl (C=O) groups is 1. The number of nitrogens with one attached hydrogen (secondary N) is 1. The zero-order valence-corrected chi connectivity index (χ0v) is 13.3. The topological polar surface area (TPSA) is 52.6 Å². The molecule has 1 aliphatic heterocycles. The van der Waals surface area contributed by atoms with Crippen LogP contribution in [0.3, 0.4) is 0 Å². The maximum atomic E-state index is 11.8. The van der Waals surface area contributed by atoms with Crippen LogP contribution >= 0.6 is 0 Å². The molecule has 0 amide bonds. The van der Waals surface area contributed by atoms with E-state index in [0.29, 0.717) is 12.1 Å². The lowest BCUT2D eigenvalue weighted by molar-refractivity contribution is -0.145. The van der Waals surface area contributed by atoms with Gasteiger partial charge < -0.3 is 10.0 Å². The van der Waals surface area contributed by atoms with Gasteiger partial charge in [-0.1, -0.05) is 19.8 Å². The molecular weight excluding hydrogens is 264 g/mol. The lowest BCUT2D eigenvalue weighted by Crippen LogP contribution is -2.52. The van der Waals surface area contributed by atoms with Gasteiger partial charge in [0, 0.05) is 12.1 Å². The number of hydrogen-bond acceptors (Lipinski definition) is 3. The molecule has 2 N–H and O–H groups in total. The molecule has 0 aromatic rings. The highest BCUT2D eigenvalue weighted by molar-refractivity contribution is 5.79. The number of likely N-dealkylation sites (tertiary alicyclic amines) is 1. The highest BCUT2D eigenvalue weighted by Gasteiger charge is 2.49. The molecule has 4 heteroatoms. The fourth-order valence-corrected chi connectivity index (χ4v) is 4.35. The molecule has 3 aliphatic rings. The fourth-order valence-electron chi connectivity index (χ4n) is 4.35. The van der Waals surface area contributed by atoms with Gasteiger partial charge >= 0.3 is 5.97 Å². The third kappa shape index (κ3) is 3.42. The van der Waals surface area contributed by atoms with Crippen molar-refractivity contribution in [2.24, 2.45) is 5.92 Å². The smallest absolute Gasteiger partial charge is 0.323 e. The van der Waals surface area contributed by atoms with Gasteiger partial charge in [-0.2, -0.15) is 0 Å². The number of hydrogen-bond donors (Lipinski definition) is 2. The minimum atomic E-state index is -0.633. The van der Waals surface area contributed by atoms with E-state index in [0.717, 1.165) is 38.0 Å². The first-order valence-corrected chi connectivity index (χ1v) is 8.88. The molecule has 2 aliphatic carbocycles. The van der Waals surface area contributed by atoms with Gasteiger partial charge in [0.05, 0.1) is 0 Å². The Morgan fingerprint density at radius 3 is 2.52 bits per heavy atom. The van der Waals surface area contributed by atoms with Gasteiger partial charge in [0.15, 0.2) is 0 Å². The summed E-state index contributed by atoms with van der Waals surface area (Å²) in [4.78, 5) is 14.3. The molecule has 4 nitrogen and oxygen atoms in total. The maximum Gasteiger partial charge on any atom is 0.323 e. The van der Waals surface area contributed by atoms with Crippen LogP contribution in [-0.2, 0) is 4.79 Å². The second-order valence-corrected chi connectivity index (χ2v) is 7.47. The van der Waals surface area contributed by atoms with Crippen molar-refractivity contribution >= 4 is 5.97 Å². The molecule has 0 bridgehead atoms. The third-order valence-corrected chi connectivity index (χ3v) is 5.82. The first-order chi connectivity index (χ1) is 10.1. The van der Waals surface area contributed by atoms with Crippen LogP contribution in [-0.4, -0.2) is 46.7 Å². The van der Waals surface area contributed by atoms with Gasteiger partial charge in [-0.25, -0.2) is 0 Å². The molecule has 21 heavy (non-hydrogen) atoms. The van der Waals surface area contributed by atoms with Crippen molar-refractivity contribution in [3.8, 4) is 0 Å². The summed E-state index contributed by atoms with van der Waals surface area (Å²) in [5, 5.41) is 13.1. The zero-order chi connectivity index (χ0) is 14.9. The maximum absolute atomic E-state index is 11.8. The van der Waals surface area contributed by atoms with Gasteiger partial charge in [0.25, 0.3) is 0 Å². The van der Waals surface area contributed by atoms with E-state index in [1.807, 2.05) is 0 Å². The molecule has 1 heterocycles. The summed E-state index contributed by atoms with van der Waals surface area (Å²) in [6.45, 7) is 4.62. The summed E-state index contributed by atoms with van der Waals surface area (Å²) in [5.74, 6) is 0.277. The van der Waals surface area contributed by atoms with Crippen molar-refractivity contribution in [3.05, 3.63) is 0 Å². The van der Waals surface area contributed by atoms with E-state index in [4.69, 9.17) is 0 Å². The number of aliphatic carboxylic acids is 1. The summed E-state index contributed by atoms with van der Waals surface area (Å²) in [5.41, 5.74) is -0.633. The molecule has 120 valence electrons. The Kier molecular flexibility index (Phi) is 4.55. The van der Waals surface area contributed by atoms with Crippen molar-refractivity contribution in [3.63, 3.8) is 0 Å². The fraction of sp³-hybridized carbons (Fsp3) is 0.941. The number of carboxylic acids is 1. The van der Waals surface area contributed by atoms with Crippen LogP contribution in [0, 0.1) is 5.92 Å². The normalized spacial score (nSPS) is 35.2. The summed E-state index contributed by atoms with van der Waals surface area (Å²) < 4.78 is 0. The quantitative estimate of drug-likeness (QED) is 0.791. The largest absolute Gasteiger partial charge is 0.480 e. The van der Waals surface area contributed by atoms with E-state index in [2.05, 4.69) is 17.1 Å². The van der Waals surface area contributed by atoms with Gasteiger partial charge in [-0.05, 0) is 64.0 Å². The SMILES string of the molecule is CCCC1CCN(C2CCC(NC3CC3)(C(=O)O)C2)CC1. The van der Waals surface area contributed by atoms with Crippen molar-refractivity contribution < 1.29 is 9.90 Å². The van der Waals surface area contributed by atoms with Crippen LogP contribution < -0.4 is 5.32 Å². The summed E-state index contributed by atoms with van der Waals surface area (Å²) in [6.07, 6.45) is 10.2. The predicted octanol–water partition coefficient (Wildman–Crippen LogP) is 2.63. The monoisotopic (exact) mass is 294 g/mol. The standard InChI is InChI=1S/C17H30N2O2/c1-2-3-13-7-10-19(11-8-13)15-6-9-17(12-15,16(20)21)18-14-4-5-14/h13-15,18H,2-12H2,1H3,(H,20,21). The second kappa shape index (κ2) is 6.25. The van der Waals surface area contributed by atoms with E-state index in [1.54, 1.807) is 0 Å². The van der Waals surface area contributed by atoms with Crippen LogP contribution in [0.4, 0.5) is 0 Å². The van der Waals surface area contributed by atoms with Gasteiger partial charge in [0.2, 0.25) is 0 Å². The molecule has 0 aromatic carbocycles. The summed E-state index contributed by atoms with van der Waals surface area (Å²) in [6, 6.07) is 0.949. The Balaban J connectivity index is 1.55. The van der Waals surface area contributed by atoms with Crippen molar-refractivity contribution in [1.82, 2.24) is 10.2 Å². The molecule has 2 atom stereocenters. The number of piperidine rings is 1. The Labute approximate surface area is 128 Å². The molecule has 1 saturated heterocycles. The van der Waals surface area contributed by atoms with E-state index in [1.165, 1.54) is 38.8 Å². The lowest BCUT2D eigenvalue weighted by Gasteiger charge is -2.37. The summed E-state index contributed by atoms with van der Waals surface area (Å²) in [7, 11) is 0. The molecule has 0 radical (unpaired) electrons. The minimum absolute atomic E-state index is 0.468. The number of nitrogens with zero attached hydrogens (tertiary/aromatic N) is 1. The van der Waals surface area contributed by atoms with E-state index in [9.17, 15) is 9.90 Å². The third-order valence-electron chi connectivity index (χ3n) is 5.82. The van der Waals surface area contributed by atoms with Crippen molar-refractivity contribution in [2.75, 3.05) is 13.1 Å². The molecule has 3 rings (SSSR count). The number of rotatable bonds is 6. The van der Waals surface area contributed by atoms with Crippen LogP contribution in [0.25, 0.3) is 0 Å². The average Bonchev–Trinajstić information content (AvgIpc) is 3.17. The van der Waals surface area contributed by atoms with E-state index < -0.39 is 11.5 Å². The molecule has 2 saturated carbocycles. The van der Waals surface area contributed by atoms with Crippen molar-refractivity contribution in [1.29, 1.82) is 0 Å². The molecule has 3 fully saturated rings. The summed E-state index contributed by atoms with van der Waals surface area (Å²) >= 11 is 0. The molecule has 2 unspecified atom stereocenters. The molecular formula is C17H30N2O2. The Morgan fingerprint density at radius 2 is 1.95 bits per heavy atom. The number of carboxylic acid groups (broad SMARTS) is 1. The lowest BCUT2D eigenvalue weighted by atomic mass is 9.91. The highest BCUT2D eigenvalue weighted by atomic mass is 16.4. The second-order valence-electron chi connectivity index (χ2n) is 7.47. The Bertz CT molecular complexity index is 375. The zero-order valence-electron chi connectivity index (χ0n) is 13.3. The van der Waals surface area contributed by atoms with E-state index >= 15 is 0 Å². The average molecular weight is 294 g/mol. The first kappa shape index (κ1) is 15.3. The Morgan fingerprint density at radius 1 is 1.24 bits per heavy atom. The van der Waals surface area contributed by atoms with Gasteiger partial charge in [0.1, 0.15) is 5.54 Å². The van der Waals surface area contributed by atoms with Crippen LogP contribution in [0.15, 0.2) is 0 Å². The van der Waals surface area contributed by atoms with Gasteiger partial charge in [-0.15, -0.1) is 0 Å². The Hall–Kier alpha value is -0.610. The first-order valence-electron chi connectivity index (χ1n) is 8.88. The van der Waals surface area contributed by atoms with Crippen LogP contribution in [0.1, 0.15) is 64.7 Å². The molecule has 0 aromatic heterocycles. The van der Waals surface area contributed by atoms with Crippen LogP contribution in [0.2, 0.25) is 0 Å².